The van der Waals surface area contributed by atoms with Gasteiger partial charge < -0.3 is 10.4 Å². The Morgan fingerprint density at radius 3 is 2.58 bits per heavy atom. The Bertz CT molecular complexity index is 529. The summed E-state index contributed by atoms with van der Waals surface area (Å²) in [6.45, 7) is 0. The zero-order chi connectivity index (χ0) is 14.0. The lowest BCUT2D eigenvalue weighted by Crippen LogP contribution is -2.59. The number of nitrogens with one attached hydrogen (secondary N) is 1. The van der Waals surface area contributed by atoms with E-state index in [1.807, 2.05) is 0 Å². The van der Waals surface area contributed by atoms with E-state index in [1.165, 1.54) is 12.1 Å². The summed E-state index contributed by atoms with van der Waals surface area (Å²) in [5.74, 6) is -1.91. The van der Waals surface area contributed by atoms with E-state index in [2.05, 4.69) is 5.32 Å². The van der Waals surface area contributed by atoms with Crippen molar-refractivity contribution < 1.29 is 19.1 Å². The van der Waals surface area contributed by atoms with Crippen LogP contribution in [0.4, 0.5) is 4.39 Å². The first kappa shape index (κ1) is 13.8. The first-order valence-electron chi connectivity index (χ1n) is 5.91. The van der Waals surface area contributed by atoms with Gasteiger partial charge in [0.25, 0.3) is 0 Å². The number of amides is 1. The topological polar surface area (TPSA) is 66.4 Å². The van der Waals surface area contributed by atoms with E-state index in [1.54, 1.807) is 0 Å². The highest BCUT2D eigenvalue weighted by Gasteiger charge is 2.45. The molecule has 0 spiro atoms. The summed E-state index contributed by atoms with van der Waals surface area (Å²) in [5, 5.41) is 11.8. The van der Waals surface area contributed by atoms with Crippen LogP contribution in [0.5, 0.6) is 0 Å². The second-order valence-corrected chi connectivity index (χ2v) is 5.11. The van der Waals surface area contributed by atoms with Crippen LogP contribution in [-0.4, -0.2) is 22.5 Å². The van der Waals surface area contributed by atoms with Crippen LogP contribution in [0.3, 0.4) is 0 Å². The lowest BCUT2D eigenvalue weighted by molar-refractivity contribution is -0.151. The number of carbonyl (C=O) groups is 2. The van der Waals surface area contributed by atoms with Gasteiger partial charge in [-0.3, -0.25) is 4.79 Å². The van der Waals surface area contributed by atoms with E-state index in [-0.39, 0.29) is 11.4 Å². The second kappa shape index (κ2) is 5.17. The van der Waals surface area contributed by atoms with Crippen molar-refractivity contribution in [2.75, 3.05) is 0 Å². The molecule has 0 bridgehead atoms. The fourth-order valence-corrected chi connectivity index (χ4v) is 2.31. The van der Waals surface area contributed by atoms with E-state index >= 15 is 0 Å². The number of benzene rings is 1. The van der Waals surface area contributed by atoms with Crippen LogP contribution in [0.2, 0.25) is 5.02 Å². The van der Waals surface area contributed by atoms with Gasteiger partial charge in [0, 0.05) is 5.02 Å². The smallest absolute Gasteiger partial charge is 0.329 e. The van der Waals surface area contributed by atoms with Gasteiger partial charge in [0.05, 0.1) is 6.42 Å². The van der Waals surface area contributed by atoms with Crippen LogP contribution >= 0.6 is 11.6 Å². The minimum absolute atomic E-state index is 0.0614. The molecule has 0 saturated heterocycles. The van der Waals surface area contributed by atoms with Crippen LogP contribution < -0.4 is 5.32 Å². The average molecular weight is 286 g/mol. The quantitative estimate of drug-likeness (QED) is 0.891. The molecule has 1 saturated carbocycles. The first-order valence-corrected chi connectivity index (χ1v) is 6.29. The number of carboxylic acids is 1. The first-order chi connectivity index (χ1) is 8.93. The lowest BCUT2D eigenvalue weighted by Gasteiger charge is -2.38. The Morgan fingerprint density at radius 2 is 2.11 bits per heavy atom. The second-order valence-electron chi connectivity index (χ2n) is 4.70. The van der Waals surface area contributed by atoms with Crippen molar-refractivity contribution >= 4 is 23.5 Å². The predicted molar refractivity (Wildman–Crippen MR) is 67.5 cm³/mol. The maximum Gasteiger partial charge on any atom is 0.329 e. The fraction of sp³-hybridized carbons (Fsp3) is 0.385. The summed E-state index contributed by atoms with van der Waals surface area (Å²) in [7, 11) is 0. The molecule has 1 aliphatic rings. The largest absolute Gasteiger partial charge is 0.480 e. The zero-order valence-electron chi connectivity index (χ0n) is 10.1. The third-order valence-corrected chi connectivity index (χ3v) is 3.71. The third-order valence-electron chi connectivity index (χ3n) is 3.36. The summed E-state index contributed by atoms with van der Waals surface area (Å²) in [5.41, 5.74) is -0.663. The van der Waals surface area contributed by atoms with Crippen molar-refractivity contribution in [1.29, 1.82) is 0 Å². The van der Waals surface area contributed by atoms with Crippen molar-refractivity contribution in [3.8, 4) is 0 Å². The molecule has 1 aromatic rings. The molecule has 0 unspecified atom stereocenters. The van der Waals surface area contributed by atoms with Crippen LogP contribution in [-0.2, 0) is 16.0 Å². The molecule has 2 N–H and O–H groups in total. The monoisotopic (exact) mass is 285 g/mol. The molecule has 1 fully saturated rings. The van der Waals surface area contributed by atoms with Crippen molar-refractivity contribution in [2.24, 2.45) is 0 Å². The molecular formula is C13H13ClFNO3. The minimum Gasteiger partial charge on any atom is -0.480 e. The van der Waals surface area contributed by atoms with E-state index < -0.39 is 23.2 Å². The number of carbonyl (C=O) groups excluding carboxylic acids is 1. The Kier molecular flexibility index (Phi) is 3.75. The lowest BCUT2D eigenvalue weighted by atomic mass is 9.76. The maximum absolute atomic E-state index is 12.9. The molecule has 2 rings (SSSR count). The number of hydrogen-bond donors (Lipinski definition) is 2. The summed E-state index contributed by atoms with van der Waals surface area (Å²) in [6, 6.07) is 3.76. The molecule has 4 nitrogen and oxygen atoms in total. The highest BCUT2D eigenvalue weighted by Crippen LogP contribution is 2.32. The van der Waals surface area contributed by atoms with Crippen molar-refractivity contribution in [3.63, 3.8) is 0 Å². The van der Waals surface area contributed by atoms with Gasteiger partial charge in [-0.05, 0) is 37.0 Å². The number of halogens is 2. The maximum atomic E-state index is 12.9. The standard InChI is InChI=1S/C13H13ClFNO3/c14-10-7-9(15)3-2-8(10)6-11(17)16-13(12(18)19)4-1-5-13/h2-3,7H,1,4-6H2,(H,16,17)(H,18,19). The molecule has 0 aliphatic heterocycles. The summed E-state index contributed by atoms with van der Waals surface area (Å²) in [6.07, 6.45) is 1.59. The average Bonchev–Trinajstić information content (AvgIpc) is 2.27. The van der Waals surface area contributed by atoms with Crippen LogP contribution in [0.15, 0.2) is 18.2 Å². The van der Waals surface area contributed by atoms with Crippen molar-refractivity contribution in [1.82, 2.24) is 5.32 Å². The van der Waals surface area contributed by atoms with Gasteiger partial charge in [-0.15, -0.1) is 0 Å². The molecule has 1 amide bonds. The molecule has 0 aromatic heterocycles. The molecule has 1 aromatic carbocycles. The normalized spacial score (nSPS) is 16.5. The molecule has 1 aliphatic carbocycles. The van der Waals surface area contributed by atoms with Gasteiger partial charge in [-0.2, -0.15) is 0 Å². The van der Waals surface area contributed by atoms with E-state index in [0.717, 1.165) is 12.5 Å². The van der Waals surface area contributed by atoms with Crippen LogP contribution in [0.1, 0.15) is 24.8 Å². The Balaban J connectivity index is 2.03. The van der Waals surface area contributed by atoms with E-state index in [4.69, 9.17) is 16.7 Å². The molecule has 102 valence electrons. The van der Waals surface area contributed by atoms with E-state index in [0.29, 0.717) is 18.4 Å². The zero-order valence-corrected chi connectivity index (χ0v) is 10.8. The van der Waals surface area contributed by atoms with Gasteiger partial charge >= 0.3 is 5.97 Å². The SMILES string of the molecule is O=C(Cc1ccc(F)cc1Cl)NC1(C(=O)O)CCC1. The number of carboxylic acid groups (broad SMARTS) is 1. The van der Waals surface area contributed by atoms with Gasteiger partial charge in [-0.25, -0.2) is 9.18 Å². The molecule has 0 heterocycles. The number of rotatable bonds is 4. The Morgan fingerprint density at radius 1 is 1.42 bits per heavy atom. The van der Waals surface area contributed by atoms with Crippen LogP contribution in [0.25, 0.3) is 0 Å². The summed E-state index contributed by atoms with van der Waals surface area (Å²) < 4.78 is 12.9. The highest BCUT2D eigenvalue weighted by molar-refractivity contribution is 6.31. The van der Waals surface area contributed by atoms with Crippen molar-refractivity contribution in [2.45, 2.75) is 31.2 Å². The summed E-state index contributed by atoms with van der Waals surface area (Å²) >= 11 is 5.82. The number of aliphatic carboxylic acids is 1. The van der Waals surface area contributed by atoms with Crippen LogP contribution in [0, 0.1) is 5.82 Å². The minimum atomic E-state index is -1.14. The Labute approximate surface area is 114 Å². The van der Waals surface area contributed by atoms with Gasteiger partial charge in [0.1, 0.15) is 11.4 Å². The molecular weight excluding hydrogens is 273 g/mol. The van der Waals surface area contributed by atoms with Gasteiger partial charge in [-0.1, -0.05) is 17.7 Å². The molecule has 6 heteroatoms. The number of hydrogen-bond acceptors (Lipinski definition) is 2. The van der Waals surface area contributed by atoms with Crippen molar-refractivity contribution in [3.05, 3.63) is 34.6 Å². The molecule has 0 atom stereocenters. The predicted octanol–water partition coefficient (Wildman–Crippen LogP) is 2.15. The third kappa shape index (κ3) is 2.87. The molecule has 19 heavy (non-hydrogen) atoms. The van der Waals surface area contributed by atoms with Gasteiger partial charge in [0.15, 0.2) is 0 Å². The highest BCUT2D eigenvalue weighted by atomic mass is 35.5. The van der Waals surface area contributed by atoms with E-state index in [9.17, 15) is 14.0 Å². The summed E-state index contributed by atoms with van der Waals surface area (Å²) in [4.78, 5) is 22.9. The fourth-order valence-electron chi connectivity index (χ4n) is 2.07. The molecule has 0 radical (unpaired) electrons. The van der Waals surface area contributed by atoms with Gasteiger partial charge in [0.2, 0.25) is 5.91 Å². The Hall–Kier alpha value is -1.62.